The van der Waals surface area contributed by atoms with E-state index in [1.165, 1.54) is 10.9 Å². The third-order valence-corrected chi connectivity index (χ3v) is 16.7. The smallest absolute Gasteiger partial charge is 0.341 e. The lowest BCUT2D eigenvalue weighted by Gasteiger charge is -2.44. The summed E-state index contributed by atoms with van der Waals surface area (Å²) >= 11 is 0. The van der Waals surface area contributed by atoms with E-state index in [0.29, 0.717) is 22.2 Å². The summed E-state index contributed by atoms with van der Waals surface area (Å²) < 4.78 is 8.81. The second kappa shape index (κ2) is 13.2. The maximum absolute atomic E-state index is 14.5. The van der Waals surface area contributed by atoms with Crippen LogP contribution in [0.3, 0.4) is 0 Å². The normalized spacial score (nSPS) is 12.6. The highest BCUT2D eigenvalue weighted by atomic mass is 28.3. The quantitative estimate of drug-likeness (QED) is 0.123. The van der Waals surface area contributed by atoms with Gasteiger partial charge in [0.05, 0.1) is 0 Å². The number of carbonyl (C=O) groups excluding carboxylic acids is 1. The van der Waals surface area contributed by atoms with Gasteiger partial charge in [-0.25, -0.2) is 0 Å². The lowest BCUT2D eigenvalue weighted by Crippen LogP contribution is -2.51. The number of pyridine rings is 1. The maximum atomic E-state index is 14.5. The zero-order chi connectivity index (χ0) is 32.7. The molecule has 4 nitrogen and oxygen atoms in total. The van der Waals surface area contributed by atoms with Gasteiger partial charge in [-0.2, -0.15) is 0 Å². The maximum Gasteiger partial charge on any atom is 0.341 e. The SMILES string of the molecule is CC(C)c1c(O[Si])c(C(C)C)c(-c2cccc3c2ccn3[Si](C(C)C)(C(C)C)C(C)C)c(C(C)C)c1C(=O)c1cccnc1. The summed E-state index contributed by atoms with van der Waals surface area (Å²) in [5.74, 6) is 1.05. The van der Waals surface area contributed by atoms with Gasteiger partial charge in [-0.05, 0) is 81.5 Å². The molecule has 0 amide bonds. The largest absolute Gasteiger partial charge is 0.540 e. The Labute approximate surface area is 270 Å². The molecule has 4 rings (SSSR count). The zero-order valence-electron chi connectivity index (χ0n) is 28.9. The molecule has 0 aliphatic carbocycles. The molecule has 0 fully saturated rings. The summed E-state index contributed by atoms with van der Waals surface area (Å²) in [7, 11) is 1.47. The van der Waals surface area contributed by atoms with Crippen molar-refractivity contribution < 1.29 is 9.22 Å². The van der Waals surface area contributed by atoms with Crippen LogP contribution in [-0.4, -0.2) is 33.7 Å². The van der Waals surface area contributed by atoms with E-state index in [2.05, 4.69) is 133 Å². The molecule has 6 heteroatoms. The first-order valence-corrected chi connectivity index (χ1v) is 18.9. The molecule has 0 aliphatic heterocycles. The molecule has 0 N–H and O–H groups in total. The minimum absolute atomic E-state index is 0.0115. The Balaban J connectivity index is 2.24. The number of hydrogen-bond donors (Lipinski definition) is 0. The molecule has 44 heavy (non-hydrogen) atoms. The monoisotopic (exact) mass is 623 g/mol. The summed E-state index contributed by atoms with van der Waals surface area (Å²) in [6, 6.07) is 12.8. The van der Waals surface area contributed by atoms with Gasteiger partial charge in [-0.3, -0.25) is 9.78 Å². The highest BCUT2D eigenvalue weighted by molar-refractivity contribution is 6.82. The highest BCUT2D eigenvalue weighted by Crippen LogP contribution is 2.51. The van der Waals surface area contributed by atoms with E-state index in [4.69, 9.17) is 4.43 Å². The van der Waals surface area contributed by atoms with Crippen LogP contribution in [0, 0.1) is 0 Å². The van der Waals surface area contributed by atoms with Crippen molar-refractivity contribution in [2.45, 2.75) is 117 Å². The van der Waals surface area contributed by atoms with Crippen molar-refractivity contribution >= 4 is 35.4 Å². The molecule has 0 saturated heterocycles. The van der Waals surface area contributed by atoms with Gasteiger partial charge < -0.3 is 8.66 Å². The van der Waals surface area contributed by atoms with Crippen LogP contribution in [0.1, 0.15) is 133 Å². The standard InChI is InChI=1S/C38H51N2O2Si2/c1-22(2)32-35(30-16-13-17-31-29(30)18-20-40(31)44(25(7)8,26(9)10)27(11)12)33(23(3)4)38(42-43)34(24(5)6)36(32)37(41)28-15-14-19-39-21-28/h13-27H,1-12H3. The Morgan fingerprint density at radius 2 is 1.36 bits per heavy atom. The minimum atomic E-state index is -2.00. The third kappa shape index (κ3) is 5.42. The van der Waals surface area contributed by atoms with Crippen molar-refractivity contribution in [3.05, 3.63) is 82.8 Å². The van der Waals surface area contributed by atoms with Crippen LogP contribution in [0.5, 0.6) is 5.75 Å². The second-order valence-electron chi connectivity index (χ2n) is 14.2. The number of rotatable bonds is 11. The van der Waals surface area contributed by atoms with Gasteiger partial charge in [0.15, 0.2) is 14.0 Å². The molecule has 0 saturated carbocycles. The fraction of sp³-hybridized carbons (Fsp3) is 0.474. The Hall–Kier alpha value is -2.97. The fourth-order valence-corrected chi connectivity index (χ4v) is 15.1. The van der Waals surface area contributed by atoms with Crippen LogP contribution in [-0.2, 0) is 0 Å². The molecule has 0 unspecified atom stereocenters. The third-order valence-electron chi connectivity index (χ3n) is 9.75. The number of carbonyl (C=O) groups is 1. The number of fused-ring (bicyclic) bond motifs is 1. The van der Waals surface area contributed by atoms with Crippen LogP contribution in [0.25, 0.3) is 22.0 Å². The summed E-state index contributed by atoms with van der Waals surface area (Å²) in [6.45, 7) is 27.6. The number of hydrogen-bond acceptors (Lipinski definition) is 3. The van der Waals surface area contributed by atoms with Crippen LogP contribution >= 0.6 is 0 Å². The van der Waals surface area contributed by atoms with E-state index in [1.54, 1.807) is 12.4 Å². The van der Waals surface area contributed by atoms with E-state index >= 15 is 0 Å². The lowest BCUT2D eigenvalue weighted by atomic mass is 9.75. The predicted molar refractivity (Wildman–Crippen MR) is 190 cm³/mol. The molecule has 0 atom stereocenters. The van der Waals surface area contributed by atoms with E-state index in [9.17, 15) is 4.79 Å². The summed E-state index contributed by atoms with van der Waals surface area (Å²) in [5, 5.41) is 1.23. The Bertz CT molecular complexity index is 1610. The van der Waals surface area contributed by atoms with Gasteiger partial charge in [0, 0.05) is 45.6 Å². The van der Waals surface area contributed by atoms with Crippen molar-refractivity contribution in [2.24, 2.45) is 0 Å². The predicted octanol–water partition coefficient (Wildman–Crippen LogP) is 10.8. The van der Waals surface area contributed by atoms with Gasteiger partial charge >= 0.3 is 10.5 Å². The minimum Gasteiger partial charge on any atom is -0.540 e. The van der Waals surface area contributed by atoms with E-state index in [1.807, 2.05) is 12.1 Å². The Kier molecular flexibility index (Phi) is 10.2. The molecule has 3 radical (unpaired) electrons. The molecule has 2 aromatic carbocycles. The zero-order valence-corrected chi connectivity index (χ0v) is 30.9. The van der Waals surface area contributed by atoms with Crippen LogP contribution in [0.2, 0.25) is 16.6 Å². The number of aromatic nitrogens is 2. The Morgan fingerprint density at radius 1 is 0.773 bits per heavy atom. The first-order valence-electron chi connectivity index (χ1n) is 16.4. The van der Waals surface area contributed by atoms with Gasteiger partial charge in [0.1, 0.15) is 5.75 Å². The van der Waals surface area contributed by atoms with Crippen LogP contribution in [0.15, 0.2) is 55.0 Å². The molecule has 0 aliphatic rings. The number of ketones is 1. The van der Waals surface area contributed by atoms with Crippen LogP contribution < -0.4 is 4.43 Å². The van der Waals surface area contributed by atoms with Gasteiger partial charge in [-0.1, -0.05) is 95.2 Å². The average molecular weight is 624 g/mol. The molecule has 4 aromatic rings. The topological polar surface area (TPSA) is 44.1 Å². The van der Waals surface area contributed by atoms with Crippen molar-refractivity contribution in [2.75, 3.05) is 0 Å². The van der Waals surface area contributed by atoms with Crippen molar-refractivity contribution in [1.82, 2.24) is 9.22 Å². The molecule has 2 heterocycles. The van der Waals surface area contributed by atoms with Gasteiger partial charge in [-0.15, -0.1) is 0 Å². The van der Waals surface area contributed by atoms with Gasteiger partial charge in [0.2, 0.25) is 0 Å². The lowest BCUT2D eigenvalue weighted by molar-refractivity contribution is 0.103. The molecule has 233 valence electrons. The second-order valence-corrected chi connectivity index (χ2v) is 20.2. The molecule has 0 spiro atoms. The molecule has 2 aromatic heterocycles. The molecular weight excluding hydrogens is 573 g/mol. The summed E-state index contributed by atoms with van der Waals surface area (Å²) in [4.78, 5) is 18.8. The van der Waals surface area contributed by atoms with E-state index < -0.39 is 8.24 Å². The first kappa shape index (κ1) is 33.9. The van der Waals surface area contributed by atoms with Crippen molar-refractivity contribution in [3.8, 4) is 16.9 Å². The molecule has 0 bridgehead atoms. The first-order chi connectivity index (χ1) is 20.7. The average Bonchev–Trinajstić information content (AvgIpc) is 3.39. The summed E-state index contributed by atoms with van der Waals surface area (Å²) in [6.07, 6.45) is 5.75. The summed E-state index contributed by atoms with van der Waals surface area (Å²) in [5.41, 5.74) is 9.76. The van der Waals surface area contributed by atoms with Crippen molar-refractivity contribution in [3.63, 3.8) is 0 Å². The fourth-order valence-electron chi connectivity index (χ4n) is 8.31. The Morgan fingerprint density at radius 3 is 1.84 bits per heavy atom. The van der Waals surface area contributed by atoms with E-state index in [-0.39, 0.29) is 23.5 Å². The number of benzene rings is 2. The molecular formula is C38H51N2O2Si2. The highest BCUT2D eigenvalue weighted by Gasteiger charge is 2.46. The van der Waals surface area contributed by atoms with Gasteiger partial charge in [0.25, 0.3) is 0 Å². The van der Waals surface area contributed by atoms with Crippen molar-refractivity contribution in [1.29, 1.82) is 0 Å². The van der Waals surface area contributed by atoms with Crippen LogP contribution in [0.4, 0.5) is 0 Å². The van der Waals surface area contributed by atoms with E-state index in [0.717, 1.165) is 39.1 Å². The number of nitrogens with zero attached hydrogens (tertiary/aromatic N) is 2.